The number of aliphatic hydroxyl groups is 1. The minimum atomic E-state index is -0.988. The number of piperidine rings is 1. The quantitative estimate of drug-likeness (QED) is 0.710. The minimum Gasteiger partial charge on any atom is -0.444 e. The molecule has 0 aromatic rings. The number of alkyl halides is 1. The maximum Gasteiger partial charge on any atom is 0.410 e. The summed E-state index contributed by atoms with van der Waals surface area (Å²) in [6.45, 7) is 7.27. The molecule has 1 unspecified atom stereocenters. The van der Waals surface area contributed by atoms with Gasteiger partial charge in [-0.05, 0) is 65.0 Å². The molecule has 2 rings (SSSR count). The topological polar surface area (TPSA) is 75.8 Å². The average Bonchev–Trinajstić information content (AvgIpc) is 2.58. The molecule has 1 fully saturated rings. The van der Waals surface area contributed by atoms with Crippen LogP contribution < -0.4 is 5.73 Å². The Morgan fingerprint density at radius 2 is 2.19 bits per heavy atom. The molecule has 3 atom stereocenters. The third kappa shape index (κ3) is 5.48. The Kier molecular flexibility index (Phi) is 7.17. The Morgan fingerprint density at radius 1 is 1.46 bits per heavy atom. The fourth-order valence-electron chi connectivity index (χ4n) is 3.82. The van der Waals surface area contributed by atoms with Crippen LogP contribution in [0.2, 0.25) is 0 Å². The van der Waals surface area contributed by atoms with E-state index < -0.39 is 11.2 Å². The maximum atomic E-state index is 12.5. The molecule has 3 N–H and O–H groups in total. The van der Waals surface area contributed by atoms with Gasteiger partial charge in [-0.3, -0.25) is 0 Å². The number of hydrogen-bond donors (Lipinski definition) is 2. The van der Waals surface area contributed by atoms with E-state index in [1.165, 1.54) is 0 Å². The first-order chi connectivity index (χ1) is 12.2. The molecule has 0 saturated carbocycles. The molecular formula is C20H33ClN2O3. The third-order valence-corrected chi connectivity index (χ3v) is 5.40. The second-order valence-corrected chi connectivity index (χ2v) is 8.94. The van der Waals surface area contributed by atoms with Crippen molar-refractivity contribution in [3.8, 4) is 0 Å². The van der Waals surface area contributed by atoms with Crippen LogP contribution >= 0.6 is 11.6 Å². The lowest BCUT2D eigenvalue weighted by Gasteiger charge is -2.44. The first-order valence-corrected chi connectivity index (χ1v) is 10.0. The van der Waals surface area contributed by atoms with Crippen molar-refractivity contribution in [2.45, 2.75) is 69.5 Å². The Morgan fingerprint density at radius 3 is 2.81 bits per heavy atom. The van der Waals surface area contributed by atoms with Gasteiger partial charge >= 0.3 is 6.09 Å². The predicted octanol–water partition coefficient (Wildman–Crippen LogP) is 3.60. The van der Waals surface area contributed by atoms with Crippen molar-refractivity contribution in [2.24, 2.45) is 11.7 Å². The van der Waals surface area contributed by atoms with Crippen molar-refractivity contribution in [3.63, 3.8) is 0 Å². The second-order valence-electron chi connectivity index (χ2n) is 8.38. The van der Waals surface area contributed by atoms with Crippen LogP contribution in [0.3, 0.4) is 0 Å². The van der Waals surface area contributed by atoms with Crippen molar-refractivity contribution < 1.29 is 14.6 Å². The molecule has 1 heterocycles. The van der Waals surface area contributed by atoms with Crippen molar-refractivity contribution in [1.82, 2.24) is 4.90 Å². The number of nitrogens with zero attached hydrogens (tertiary/aromatic N) is 1. The molecule has 148 valence electrons. The number of hydrogen-bond acceptors (Lipinski definition) is 4. The number of carbonyl (C=O) groups excluding carboxylic acids is 1. The fourth-order valence-corrected chi connectivity index (χ4v) is 4.07. The highest BCUT2D eigenvalue weighted by atomic mass is 35.5. The summed E-state index contributed by atoms with van der Waals surface area (Å²) in [5, 5.41) is 11.5. The lowest BCUT2D eigenvalue weighted by Crippen LogP contribution is -2.51. The molecule has 1 aliphatic heterocycles. The van der Waals surface area contributed by atoms with Gasteiger partial charge in [-0.15, -0.1) is 11.6 Å². The largest absolute Gasteiger partial charge is 0.444 e. The first-order valence-electron chi connectivity index (χ1n) is 9.58. The maximum absolute atomic E-state index is 12.5. The molecule has 0 aromatic carbocycles. The van der Waals surface area contributed by atoms with Crippen LogP contribution in [0.25, 0.3) is 0 Å². The zero-order chi connectivity index (χ0) is 19.4. The molecule has 26 heavy (non-hydrogen) atoms. The Labute approximate surface area is 162 Å². The van der Waals surface area contributed by atoms with E-state index >= 15 is 0 Å². The number of rotatable bonds is 5. The van der Waals surface area contributed by atoms with E-state index in [2.05, 4.69) is 0 Å². The first kappa shape index (κ1) is 21.3. The van der Waals surface area contributed by atoms with Gasteiger partial charge in [-0.25, -0.2) is 4.79 Å². The van der Waals surface area contributed by atoms with Crippen LogP contribution in [0.5, 0.6) is 0 Å². The third-order valence-electron chi connectivity index (χ3n) is 5.10. The molecule has 0 bridgehead atoms. The predicted molar refractivity (Wildman–Crippen MR) is 105 cm³/mol. The molecule has 1 saturated heterocycles. The summed E-state index contributed by atoms with van der Waals surface area (Å²) in [5.41, 5.74) is 5.15. The summed E-state index contributed by atoms with van der Waals surface area (Å²) in [5.74, 6) is -0.0445. The van der Waals surface area contributed by atoms with E-state index in [-0.39, 0.29) is 17.4 Å². The van der Waals surface area contributed by atoms with Gasteiger partial charge in [-0.2, -0.15) is 0 Å². The molecule has 0 spiro atoms. The van der Waals surface area contributed by atoms with Gasteiger partial charge < -0.3 is 20.5 Å². The number of allylic oxidation sites excluding steroid dienone is 3. The molecule has 0 radical (unpaired) electrons. The Balaban J connectivity index is 2.18. The molecule has 0 aromatic heterocycles. The SMILES string of the molecule is CC(C)(C)OC(=O)N1CCC[C@@H]([C@@](O)(CCCN)C2=CC=CC(Cl)C2)C1. The van der Waals surface area contributed by atoms with Crippen molar-refractivity contribution in [3.05, 3.63) is 23.8 Å². The molecular weight excluding hydrogens is 352 g/mol. The fraction of sp³-hybridized carbons (Fsp3) is 0.750. The summed E-state index contributed by atoms with van der Waals surface area (Å²) in [6, 6.07) is 0. The van der Waals surface area contributed by atoms with E-state index in [1.54, 1.807) is 4.90 Å². The summed E-state index contributed by atoms with van der Waals surface area (Å²) < 4.78 is 5.52. The number of carbonyl (C=O) groups is 1. The van der Waals surface area contributed by atoms with Crippen molar-refractivity contribution in [2.75, 3.05) is 19.6 Å². The van der Waals surface area contributed by atoms with Crippen molar-refractivity contribution in [1.29, 1.82) is 0 Å². The second kappa shape index (κ2) is 8.77. The summed E-state index contributed by atoms with van der Waals surface area (Å²) in [4.78, 5) is 14.2. The van der Waals surface area contributed by atoms with Crippen LogP contribution in [0, 0.1) is 5.92 Å². The number of ether oxygens (including phenoxy) is 1. The van der Waals surface area contributed by atoms with Crippen LogP contribution in [0.1, 0.15) is 52.9 Å². The zero-order valence-electron chi connectivity index (χ0n) is 16.2. The number of halogens is 1. The minimum absolute atomic E-state index is 0.0445. The van der Waals surface area contributed by atoms with Gasteiger partial charge in [0.25, 0.3) is 0 Å². The van der Waals surface area contributed by atoms with Gasteiger partial charge in [0.2, 0.25) is 0 Å². The van der Waals surface area contributed by atoms with E-state index in [4.69, 9.17) is 22.1 Å². The summed E-state index contributed by atoms with van der Waals surface area (Å²) >= 11 is 6.29. The molecule has 1 aliphatic carbocycles. The van der Waals surface area contributed by atoms with Gasteiger partial charge in [0.15, 0.2) is 0 Å². The van der Waals surface area contributed by atoms with Gasteiger partial charge in [0, 0.05) is 19.0 Å². The molecule has 5 nitrogen and oxygen atoms in total. The lowest BCUT2D eigenvalue weighted by atomic mass is 9.72. The highest BCUT2D eigenvalue weighted by molar-refractivity contribution is 6.22. The average molecular weight is 385 g/mol. The van der Waals surface area contributed by atoms with Crippen LogP contribution in [-0.2, 0) is 4.74 Å². The van der Waals surface area contributed by atoms with E-state index in [0.29, 0.717) is 32.5 Å². The monoisotopic (exact) mass is 384 g/mol. The highest BCUT2D eigenvalue weighted by Crippen LogP contribution is 2.40. The molecule has 2 aliphatic rings. The van der Waals surface area contributed by atoms with Crippen LogP contribution in [0.15, 0.2) is 23.8 Å². The van der Waals surface area contributed by atoms with Crippen LogP contribution in [0.4, 0.5) is 4.79 Å². The summed E-state index contributed by atoms with van der Waals surface area (Å²) in [6.07, 6.45) is 9.17. The van der Waals surface area contributed by atoms with Crippen LogP contribution in [-0.4, -0.2) is 52.3 Å². The van der Waals surface area contributed by atoms with Gasteiger partial charge in [0.05, 0.1) is 11.0 Å². The number of nitrogens with two attached hydrogens (primary N) is 1. The van der Waals surface area contributed by atoms with Gasteiger partial charge in [-0.1, -0.05) is 18.2 Å². The lowest BCUT2D eigenvalue weighted by molar-refractivity contribution is -0.0356. The standard InChI is InChI=1S/C20H33ClN2O3/c1-19(2,3)26-18(24)23-12-5-8-16(14-23)20(25,10-6-11-22)15-7-4-9-17(21)13-15/h4,7,9,16-17,25H,5-6,8,10-14,22H2,1-3H3/t16-,17?,20-/m1/s1. The van der Waals surface area contributed by atoms with Gasteiger partial charge in [0.1, 0.15) is 5.60 Å². The number of likely N-dealkylation sites (tertiary alicyclic amines) is 1. The summed E-state index contributed by atoms with van der Waals surface area (Å²) in [7, 11) is 0. The van der Waals surface area contributed by atoms with E-state index in [9.17, 15) is 9.90 Å². The Bertz CT molecular complexity index is 556. The van der Waals surface area contributed by atoms with E-state index in [1.807, 2.05) is 39.0 Å². The zero-order valence-corrected chi connectivity index (χ0v) is 17.0. The highest BCUT2D eigenvalue weighted by Gasteiger charge is 2.43. The van der Waals surface area contributed by atoms with Crippen molar-refractivity contribution >= 4 is 17.7 Å². The molecule has 1 amide bonds. The molecule has 6 heteroatoms. The smallest absolute Gasteiger partial charge is 0.410 e. The number of amides is 1. The Hall–Kier alpha value is -1.04. The normalized spacial score (nSPS) is 26.2. The van der Waals surface area contributed by atoms with E-state index in [0.717, 1.165) is 24.8 Å².